The van der Waals surface area contributed by atoms with Crippen LogP contribution < -0.4 is 20.4 Å². The normalized spacial score (nSPS) is 5.56. The molecule has 0 aromatic heterocycles. The molecule has 0 amide bonds. The third-order valence-electron chi connectivity index (χ3n) is 0. The molecule has 0 rings (SSSR count). The van der Waals surface area contributed by atoms with E-state index in [9.17, 15) is 0 Å². The maximum absolute atomic E-state index is 8.89. The summed E-state index contributed by atoms with van der Waals surface area (Å²) in [5, 5.41) is 35.6. The molecule has 0 aromatic rings. The van der Waals surface area contributed by atoms with Gasteiger partial charge in [0.1, 0.15) is 0 Å². The molecule has 0 heterocycles. The molecule has 0 aliphatic rings. The summed E-state index contributed by atoms with van der Waals surface area (Å²) in [5.74, 6) is -4.33. The number of hydrogen-bond donors (Lipinski definition) is 0. The van der Waals surface area contributed by atoms with E-state index in [4.69, 9.17) is 39.6 Å². The molecule has 0 aromatic carbocycles. The SMILES string of the molecule is CC(=O)[O-].CC(=O)[O-].CC(=O)[O-].CC(=O)[O-].[Pb+4].[PbH4]. The van der Waals surface area contributed by atoms with E-state index in [0.29, 0.717) is 0 Å². The second kappa shape index (κ2) is 30.1. The van der Waals surface area contributed by atoms with Crippen LogP contribution in [0.25, 0.3) is 0 Å². The van der Waals surface area contributed by atoms with Gasteiger partial charge in [-0.05, 0) is 27.7 Å². The first-order chi connectivity index (χ1) is 6.93. The second-order valence-corrected chi connectivity index (χ2v) is 1.97. The van der Waals surface area contributed by atoms with E-state index in [1.807, 2.05) is 0 Å². The van der Waals surface area contributed by atoms with Gasteiger partial charge in [-0.25, -0.2) is 0 Å². The number of hydrogen-bond acceptors (Lipinski definition) is 8. The summed E-state index contributed by atoms with van der Waals surface area (Å²) in [6, 6.07) is 0. The van der Waals surface area contributed by atoms with Gasteiger partial charge in [0.25, 0.3) is 0 Å². The van der Waals surface area contributed by atoms with Gasteiger partial charge in [-0.1, -0.05) is 0 Å². The molecule has 0 radical (unpaired) electrons. The predicted octanol–water partition coefficient (Wildman–Crippen LogP) is -6.81. The molecule has 0 aliphatic carbocycles. The Kier molecular flexibility index (Phi) is 60.3. The minimum atomic E-state index is -1.08. The van der Waals surface area contributed by atoms with Crippen molar-refractivity contribution in [1.82, 2.24) is 0 Å². The Hall–Kier alpha value is -0.276. The summed E-state index contributed by atoms with van der Waals surface area (Å²) in [7, 11) is 0. The Labute approximate surface area is 145 Å². The molecule has 0 N–H and O–H groups in total. The molecule has 18 heavy (non-hydrogen) atoms. The van der Waals surface area contributed by atoms with Gasteiger partial charge in [0.2, 0.25) is 0 Å². The van der Waals surface area contributed by atoms with Gasteiger partial charge >= 0.3 is 54.6 Å². The molecule has 8 nitrogen and oxygen atoms in total. The molecule has 0 aliphatic heterocycles. The Morgan fingerprint density at radius 1 is 0.556 bits per heavy atom. The van der Waals surface area contributed by atoms with Gasteiger partial charge in [-0.2, -0.15) is 0 Å². The van der Waals surface area contributed by atoms with Gasteiger partial charge < -0.3 is 39.6 Å². The number of carboxylic acid groups (broad SMARTS) is 4. The molecule has 0 bridgehead atoms. The van der Waals surface area contributed by atoms with Crippen molar-refractivity contribution in [3.05, 3.63) is 0 Å². The first-order valence-corrected chi connectivity index (χ1v) is 3.63. The van der Waals surface area contributed by atoms with Crippen molar-refractivity contribution in [1.29, 1.82) is 0 Å². The molecular formula is C8H16O8Pb2. The van der Waals surface area contributed by atoms with Crippen molar-refractivity contribution >= 4 is 78.5 Å². The molecule has 0 unspecified atom stereocenters. The van der Waals surface area contributed by atoms with Gasteiger partial charge in [0.15, 0.2) is 0 Å². The quantitative estimate of drug-likeness (QED) is 0.233. The molecule has 0 saturated carbocycles. The first kappa shape index (κ1) is 36.1. The van der Waals surface area contributed by atoms with E-state index < -0.39 is 23.9 Å². The van der Waals surface area contributed by atoms with E-state index in [0.717, 1.165) is 27.7 Å². The van der Waals surface area contributed by atoms with Gasteiger partial charge in [-0.15, -0.1) is 0 Å². The van der Waals surface area contributed by atoms with Crippen LogP contribution in [0.15, 0.2) is 0 Å². The standard InChI is InChI=1S/4C2H4O2.2Pb.4H/c4*1-2(3)4;;;;;;/h4*1H3,(H,3,4);;;;;;/q;;;;;+4;;;;/p-4. The Morgan fingerprint density at radius 2 is 0.556 bits per heavy atom. The third-order valence-corrected chi connectivity index (χ3v) is 0. The van der Waals surface area contributed by atoms with E-state index in [1.165, 1.54) is 0 Å². The van der Waals surface area contributed by atoms with Crippen molar-refractivity contribution in [3.8, 4) is 0 Å². The van der Waals surface area contributed by atoms with E-state index >= 15 is 0 Å². The van der Waals surface area contributed by atoms with Gasteiger partial charge in [-0.3, -0.25) is 0 Å². The zero-order chi connectivity index (χ0) is 14.3. The fourth-order valence-corrected chi connectivity index (χ4v) is 0. The average Bonchev–Trinajstić information content (AvgIpc) is 1.76. The fourth-order valence-electron chi connectivity index (χ4n) is 0. The van der Waals surface area contributed by atoms with Crippen LogP contribution in [-0.4, -0.2) is 78.5 Å². The van der Waals surface area contributed by atoms with Crippen molar-refractivity contribution < 1.29 is 39.6 Å². The summed E-state index contributed by atoms with van der Waals surface area (Å²) in [6.45, 7) is 3.89. The van der Waals surface area contributed by atoms with E-state index in [1.54, 1.807) is 0 Å². The minimum absolute atomic E-state index is 0. The molecule has 104 valence electrons. The summed E-state index contributed by atoms with van der Waals surface area (Å²) in [4.78, 5) is 35.6. The van der Waals surface area contributed by atoms with Crippen LogP contribution in [0.4, 0.5) is 0 Å². The van der Waals surface area contributed by atoms with Crippen LogP contribution in [0.2, 0.25) is 0 Å². The predicted molar refractivity (Wildman–Crippen MR) is 59.8 cm³/mol. The number of carbonyl (C=O) groups is 4. The monoisotopic (exact) mass is 656 g/mol. The average molecular weight is 655 g/mol. The topological polar surface area (TPSA) is 161 Å². The summed E-state index contributed by atoms with van der Waals surface area (Å²) in [6.07, 6.45) is 0. The first-order valence-electron chi connectivity index (χ1n) is 3.63. The maximum atomic E-state index is 8.89. The fraction of sp³-hybridized carbons (Fsp3) is 0.500. The summed E-state index contributed by atoms with van der Waals surface area (Å²) in [5.41, 5.74) is 0. The summed E-state index contributed by atoms with van der Waals surface area (Å²) >= 11 is 0. The summed E-state index contributed by atoms with van der Waals surface area (Å²) < 4.78 is 0. The van der Waals surface area contributed by atoms with Crippen molar-refractivity contribution in [2.75, 3.05) is 0 Å². The van der Waals surface area contributed by atoms with Gasteiger partial charge in [0.05, 0.1) is 0 Å². The Balaban J connectivity index is -0.0000000257. The van der Waals surface area contributed by atoms with Crippen LogP contribution in [0, 0.1) is 0 Å². The number of carbonyl (C=O) groups excluding carboxylic acids is 4. The Bertz CT molecular complexity index is 165. The third kappa shape index (κ3) is 44800. The zero-order valence-electron chi connectivity index (χ0n) is 9.77. The molecule has 0 spiro atoms. The molecule has 10 heteroatoms. The van der Waals surface area contributed by atoms with Crippen molar-refractivity contribution in [2.45, 2.75) is 27.7 Å². The van der Waals surface area contributed by atoms with Crippen molar-refractivity contribution in [2.24, 2.45) is 0 Å². The van der Waals surface area contributed by atoms with Crippen molar-refractivity contribution in [3.63, 3.8) is 0 Å². The van der Waals surface area contributed by atoms with E-state index in [-0.39, 0.29) is 54.6 Å². The van der Waals surface area contributed by atoms with Crippen LogP contribution in [0.5, 0.6) is 0 Å². The Morgan fingerprint density at radius 3 is 0.556 bits per heavy atom. The second-order valence-electron chi connectivity index (χ2n) is 1.97. The molecular weight excluding hydrogens is 638 g/mol. The molecule has 0 fully saturated rings. The van der Waals surface area contributed by atoms with Crippen LogP contribution in [0.1, 0.15) is 27.7 Å². The molecule has 0 saturated heterocycles. The number of carboxylic acids is 4. The number of aliphatic carboxylic acids is 4. The molecule has 0 atom stereocenters. The number of rotatable bonds is 0. The van der Waals surface area contributed by atoms with Crippen LogP contribution in [-0.2, 0) is 19.2 Å². The zero-order valence-corrected chi connectivity index (χ0v) is 13.7. The van der Waals surface area contributed by atoms with E-state index in [2.05, 4.69) is 0 Å². The van der Waals surface area contributed by atoms with Gasteiger partial charge in [0, 0.05) is 23.9 Å². The van der Waals surface area contributed by atoms with Crippen LogP contribution in [0.3, 0.4) is 0 Å². The van der Waals surface area contributed by atoms with Crippen LogP contribution >= 0.6 is 0 Å².